The number of hydrogen-bond acceptors (Lipinski definition) is 5. The molecule has 0 aromatic heterocycles. The van der Waals surface area contributed by atoms with E-state index in [4.69, 9.17) is 5.11 Å². The Morgan fingerprint density at radius 3 is 2.44 bits per heavy atom. The van der Waals surface area contributed by atoms with Gasteiger partial charge in [-0.25, -0.2) is 9.52 Å². The summed E-state index contributed by atoms with van der Waals surface area (Å²) in [5.41, 5.74) is 0. The van der Waals surface area contributed by atoms with Gasteiger partial charge >= 0.3 is 22.3 Å². The van der Waals surface area contributed by atoms with Crippen LogP contribution in [0.5, 0.6) is 0 Å². The van der Waals surface area contributed by atoms with E-state index in [9.17, 15) is 18.0 Å². The molecule has 1 aliphatic rings. The second-order valence-electron chi connectivity index (χ2n) is 4.34. The maximum atomic E-state index is 11.6. The van der Waals surface area contributed by atoms with Gasteiger partial charge in [-0.1, -0.05) is 0 Å². The van der Waals surface area contributed by atoms with Gasteiger partial charge in [-0.05, 0) is 19.8 Å². The fourth-order valence-corrected chi connectivity index (χ4v) is 2.70. The zero-order valence-corrected chi connectivity index (χ0v) is 10.9. The molecule has 0 atom stereocenters. The number of ether oxygens (including phenoxy) is 1. The Morgan fingerprint density at radius 1 is 1.44 bits per heavy atom. The van der Waals surface area contributed by atoms with Crippen molar-refractivity contribution in [1.82, 2.24) is 9.03 Å². The van der Waals surface area contributed by atoms with Crippen LogP contribution in [0.2, 0.25) is 0 Å². The molecule has 9 heteroatoms. The van der Waals surface area contributed by atoms with E-state index in [1.807, 2.05) is 0 Å². The summed E-state index contributed by atoms with van der Waals surface area (Å²) in [5, 5.41) is 8.52. The molecule has 0 radical (unpaired) electrons. The lowest BCUT2D eigenvalue weighted by molar-refractivity contribution is -0.139. The molecule has 2 N–H and O–H groups in total. The average Bonchev–Trinajstić information content (AvgIpc) is 2.06. The summed E-state index contributed by atoms with van der Waals surface area (Å²) in [5.74, 6) is -1.18. The molecule has 8 nitrogen and oxygen atoms in total. The lowest BCUT2D eigenvalue weighted by Crippen LogP contribution is -2.55. The molecular formula is C9H16N2O6S. The van der Waals surface area contributed by atoms with Gasteiger partial charge < -0.3 is 9.84 Å². The van der Waals surface area contributed by atoms with E-state index < -0.39 is 28.4 Å². The van der Waals surface area contributed by atoms with Crippen LogP contribution < -0.4 is 4.72 Å². The minimum atomic E-state index is -3.92. The molecule has 0 bridgehead atoms. The number of rotatable bonds is 5. The molecule has 0 spiro atoms. The third-order valence-corrected chi connectivity index (χ3v) is 3.68. The standard InChI is InChI=1S/C9H16N2O6S/c1-6(2)17-9(14)10-18(15,16)11-4-7(5-11)3-8(12)13/h6-7H,3-5H2,1-2H3,(H,10,14)(H,12,13). The van der Waals surface area contributed by atoms with E-state index in [1.54, 1.807) is 18.6 Å². The number of hydrogen-bond donors (Lipinski definition) is 2. The van der Waals surface area contributed by atoms with Crippen molar-refractivity contribution >= 4 is 22.3 Å². The highest BCUT2D eigenvalue weighted by molar-refractivity contribution is 7.87. The first-order valence-corrected chi connectivity index (χ1v) is 6.85. The number of aliphatic carboxylic acids is 1. The summed E-state index contributed by atoms with van der Waals surface area (Å²) in [6.45, 7) is 3.38. The molecule has 1 heterocycles. The van der Waals surface area contributed by atoms with E-state index in [1.165, 1.54) is 0 Å². The minimum absolute atomic E-state index is 0.0809. The lowest BCUT2D eigenvalue weighted by atomic mass is 10.00. The van der Waals surface area contributed by atoms with E-state index in [0.717, 1.165) is 4.31 Å². The van der Waals surface area contributed by atoms with Crippen molar-refractivity contribution in [3.63, 3.8) is 0 Å². The third kappa shape index (κ3) is 4.15. The van der Waals surface area contributed by atoms with Crippen LogP contribution in [0.4, 0.5) is 4.79 Å². The van der Waals surface area contributed by atoms with E-state index in [2.05, 4.69) is 4.74 Å². The van der Waals surface area contributed by atoms with Gasteiger partial charge in [0.2, 0.25) is 0 Å². The molecule has 0 aliphatic carbocycles. The fourth-order valence-electron chi connectivity index (χ4n) is 1.50. The summed E-state index contributed by atoms with van der Waals surface area (Å²) >= 11 is 0. The van der Waals surface area contributed by atoms with Crippen LogP contribution in [0.1, 0.15) is 20.3 Å². The molecule has 1 aliphatic heterocycles. The predicted molar refractivity (Wildman–Crippen MR) is 61.0 cm³/mol. The number of carboxylic acid groups (broad SMARTS) is 1. The molecule has 0 aromatic carbocycles. The lowest BCUT2D eigenvalue weighted by Gasteiger charge is -2.36. The summed E-state index contributed by atoms with van der Waals surface area (Å²) in [6, 6.07) is 0. The van der Waals surface area contributed by atoms with Gasteiger partial charge in [-0.3, -0.25) is 4.79 Å². The molecule has 1 fully saturated rings. The molecule has 0 saturated carbocycles. The maximum Gasteiger partial charge on any atom is 0.422 e. The molecule has 0 aromatic rings. The van der Waals surface area contributed by atoms with Crippen LogP contribution >= 0.6 is 0 Å². The Kier molecular flexibility index (Phi) is 4.52. The van der Waals surface area contributed by atoms with Crippen LogP contribution in [-0.4, -0.2) is 49.1 Å². The van der Waals surface area contributed by atoms with Gasteiger partial charge in [-0.2, -0.15) is 12.7 Å². The summed E-state index contributed by atoms with van der Waals surface area (Å²) in [6.07, 6.45) is -1.54. The second-order valence-corrected chi connectivity index (χ2v) is 6.01. The van der Waals surface area contributed by atoms with Crippen molar-refractivity contribution in [2.45, 2.75) is 26.4 Å². The van der Waals surface area contributed by atoms with E-state index in [-0.39, 0.29) is 25.4 Å². The number of carbonyl (C=O) groups is 2. The number of carboxylic acids is 1. The van der Waals surface area contributed by atoms with Gasteiger partial charge in [0.1, 0.15) is 0 Å². The number of carbonyl (C=O) groups excluding carboxylic acids is 1. The van der Waals surface area contributed by atoms with Gasteiger partial charge in [0.25, 0.3) is 0 Å². The van der Waals surface area contributed by atoms with Crippen molar-refractivity contribution in [2.24, 2.45) is 5.92 Å². The van der Waals surface area contributed by atoms with Crippen molar-refractivity contribution in [3.8, 4) is 0 Å². The normalized spacial score (nSPS) is 17.3. The van der Waals surface area contributed by atoms with Gasteiger partial charge in [-0.15, -0.1) is 0 Å². The van der Waals surface area contributed by atoms with Crippen LogP contribution in [0.25, 0.3) is 0 Å². The number of nitrogens with one attached hydrogen (secondary N) is 1. The van der Waals surface area contributed by atoms with Crippen molar-refractivity contribution in [3.05, 3.63) is 0 Å². The maximum absolute atomic E-state index is 11.6. The van der Waals surface area contributed by atoms with E-state index in [0.29, 0.717) is 0 Å². The molecular weight excluding hydrogens is 264 g/mol. The first-order chi connectivity index (χ1) is 8.20. The molecule has 1 amide bonds. The molecule has 104 valence electrons. The first kappa shape index (κ1) is 14.7. The predicted octanol–water partition coefficient (Wildman–Crippen LogP) is -0.228. The summed E-state index contributed by atoms with van der Waals surface area (Å²) in [7, 11) is -3.92. The first-order valence-electron chi connectivity index (χ1n) is 5.41. The quantitative estimate of drug-likeness (QED) is 0.719. The van der Waals surface area contributed by atoms with Crippen LogP contribution in [0, 0.1) is 5.92 Å². The molecule has 0 unspecified atom stereocenters. The molecule has 1 saturated heterocycles. The Hall–Kier alpha value is -1.35. The monoisotopic (exact) mass is 280 g/mol. The van der Waals surface area contributed by atoms with Crippen LogP contribution in [-0.2, 0) is 19.7 Å². The molecule has 1 rings (SSSR count). The van der Waals surface area contributed by atoms with Gasteiger partial charge in [0.15, 0.2) is 0 Å². The van der Waals surface area contributed by atoms with Crippen molar-refractivity contribution in [2.75, 3.05) is 13.1 Å². The zero-order chi connectivity index (χ0) is 13.9. The van der Waals surface area contributed by atoms with Crippen molar-refractivity contribution < 1.29 is 27.9 Å². The highest BCUT2D eigenvalue weighted by Crippen LogP contribution is 2.21. The summed E-state index contributed by atoms with van der Waals surface area (Å²) in [4.78, 5) is 21.5. The summed E-state index contributed by atoms with van der Waals surface area (Å²) < 4.78 is 30.6. The zero-order valence-electron chi connectivity index (χ0n) is 10.1. The SMILES string of the molecule is CC(C)OC(=O)NS(=O)(=O)N1CC(CC(=O)O)C1. The van der Waals surface area contributed by atoms with Crippen LogP contribution in [0.3, 0.4) is 0 Å². The van der Waals surface area contributed by atoms with E-state index >= 15 is 0 Å². The van der Waals surface area contributed by atoms with Crippen molar-refractivity contribution in [1.29, 1.82) is 0 Å². The highest BCUT2D eigenvalue weighted by atomic mass is 32.2. The average molecular weight is 280 g/mol. The third-order valence-electron chi connectivity index (χ3n) is 2.28. The number of amides is 1. The molecule has 18 heavy (non-hydrogen) atoms. The minimum Gasteiger partial charge on any atom is -0.481 e. The van der Waals surface area contributed by atoms with Gasteiger partial charge in [0.05, 0.1) is 12.5 Å². The Labute approximate surface area is 105 Å². The Balaban J connectivity index is 2.43. The Morgan fingerprint density at radius 2 is 2.00 bits per heavy atom. The topological polar surface area (TPSA) is 113 Å². The smallest absolute Gasteiger partial charge is 0.422 e. The van der Waals surface area contributed by atoms with Gasteiger partial charge in [0, 0.05) is 13.1 Å². The largest absolute Gasteiger partial charge is 0.481 e. The second kappa shape index (κ2) is 5.53. The Bertz CT molecular complexity index is 426. The van der Waals surface area contributed by atoms with Crippen LogP contribution in [0.15, 0.2) is 0 Å². The fraction of sp³-hybridized carbons (Fsp3) is 0.778. The highest BCUT2D eigenvalue weighted by Gasteiger charge is 2.37. The number of nitrogens with zero attached hydrogens (tertiary/aromatic N) is 1.